The molecule has 0 saturated carbocycles. The standard InChI is InChI=1S/C21H24F4N4O2/c1-28(2)14-6-8-29(9-7-14)18-5-4-13(10-17(18)22)27-19-11-16(21(23,24)25)15(12-26-19)20(30)31-3/h4-5,10-12,14H,6-9H2,1-3H3,(H,26,27). The van der Waals surface area contributed by atoms with Gasteiger partial charge in [0, 0.05) is 31.0 Å². The number of pyridine rings is 1. The molecule has 168 valence electrons. The number of halogens is 4. The summed E-state index contributed by atoms with van der Waals surface area (Å²) in [7, 11) is 5.04. The number of methoxy groups -OCH3 is 1. The zero-order valence-corrected chi connectivity index (χ0v) is 17.5. The van der Waals surface area contributed by atoms with Gasteiger partial charge in [0.05, 0.1) is 23.9 Å². The molecule has 1 saturated heterocycles. The fraction of sp³-hybridized carbons (Fsp3) is 0.429. The van der Waals surface area contributed by atoms with Crippen molar-refractivity contribution in [1.82, 2.24) is 9.88 Å². The van der Waals surface area contributed by atoms with E-state index in [1.165, 1.54) is 6.07 Å². The Morgan fingerprint density at radius 1 is 1.23 bits per heavy atom. The summed E-state index contributed by atoms with van der Waals surface area (Å²) < 4.78 is 59.1. The second kappa shape index (κ2) is 9.09. The van der Waals surface area contributed by atoms with Crippen LogP contribution in [0.15, 0.2) is 30.5 Å². The van der Waals surface area contributed by atoms with Crippen LogP contribution >= 0.6 is 0 Å². The number of piperidine rings is 1. The minimum Gasteiger partial charge on any atom is -0.465 e. The number of alkyl halides is 3. The van der Waals surface area contributed by atoms with Gasteiger partial charge in [-0.05, 0) is 51.2 Å². The number of hydrogen-bond donors (Lipinski definition) is 1. The van der Waals surface area contributed by atoms with Crippen LogP contribution in [0.2, 0.25) is 0 Å². The Hall–Kier alpha value is -2.88. The van der Waals surface area contributed by atoms with Crippen molar-refractivity contribution in [2.24, 2.45) is 0 Å². The Morgan fingerprint density at radius 2 is 1.90 bits per heavy atom. The maximum atomic E-state index is 14.7. The van der Waals surface area contributed by atoms with Crippen molar-refractivity contribution in [3.05, 3.63) is 47.4 Å². The van der Waals surface area contributed by atoms with E-state index in [4.69, 9.17) is 0 Å². The minimum atomic E-state index is -4.78. The van der Waals surface area contributed by atoms with Crippen molar-refractivity contribution in [2.45, 2.75) is 25.1 Å². The molecule has 2 aromatic rings. The number of nitrogens with zero attached hydrogens (tertiary/aromatic N) is 3. The van der Waals surface area contributed by atoms with Crippen LogP contribution in [-0.4, -0.2) is 56.2 Å². The Labute approximate surface area is 177 Å². The molecule has 2 heterocycles. The Bertz CT molecular complexity index is 941. The number of nitrogens with one attached hydrogen (secondary N) is 1. The van der Waals surface area contributed by atoms with E-state index in [1.807, 2.05) is 19.0 Å². The van der Waals surface area contributed by atoms with Crippen LogP contribution in [0.4, 0.5) is 34.8 Å². The number of hydrogen-bond acceptors (Lipinski definition) is 6. The number of benzene rings is 1. The van der Waals surface area contributed by atoms with Gasteiger partial charge in [0.15, 0.2) is 0 Å². The van der Waals surface area contributed by atoms with Crippen molar-refractivity contribution < 1.29 is 27.1 Å². The summed E-state index contributed by atoms with van der Waals surface area (Å²) in [4.78, 5) is 19.6. The highest BCUT2D eigenvalue weighted by Crippen LogP contribution is 2.34. The largest absolute Gasteiger partial charge is 0.465 e. The van der Waals surface area contributed by atoms with Crippen LogP contribution in [0.3, 0.4) is 0 Å². The first-order valence-electron chi connectivity index (χ1n) is 9.73. The van der Waals surface area contributed by atoms with E-state index in [0.29, 0.717) is 17.8 Å². The number of carbonyl (C=O) groups excluding carboxylic acids is 1. The topological polar surface area (TPSA) is 57.7 Å². The molecule has 1 aromatic heterocycles. The molecule has 0 unspecified atom stereocenters. The predicted molar refractivity (Wildman–Crippen MR) is 109 cm³/mol. The van der Waals surface area contributed by atoms with E-state index in [0.717, 1.165) is 39.2 Å². The molecule has 6 nitrogen and oxygen atoms in total. The Kier molecular flexibility index (Phi) is 6.68. The van der Waals surface area contributed by atoms with Gasteiger partial charge in [0.2, 0.25) is 0 Å². The van der Waals surface area contributed by atoms with E-state index >= 15 is 0 Å². The zero-order chi connectivity index (χ0) is 22.8. The predicted octanol–water partition coefficient (Wildman–Crippen LogP) is 4.30. The minimum absolute atomic E-state index is 0.168. The van der Waals surface area contributed by atoms with E-state index in [9.17, 15) is 22.4 Å². The van der Waals surface area contributed by atoms with Gasteiger partial charge in [-0.2, -0.15) is 13.2 Å². The Balaban J connectivity index is 1.78. The lowest BCUT2D eigenvalue weighted by molar-refractivity contribution is -0.138. The molecule has 1 aromatic carbocycles. The molecule has 0 bridgehead atoms. The van der Waals surface area contributed by atoms with E-state index in [2.05, 4.69) is 19.9 Å². The number of ether oxygens (including phenoxy) is 1. The van der Waals surface area contributed by atoms with Crippen molar-refractivity contribution in [2.75, 3.05) is 44.5 Å². The van der Waals surface area contributed by atoms with Crippen LogP contribution in [0.5, 0.6) is 0 Å². The molecular weight excluding hydrogens is 416 g/mol. The highest BCUT2D eigenvalue weighted by Gasteiger charge is 2.36. The fourth-order valence-electron chi connectivity index (χ4n) is 3.64. The summed E-state index contributed by atoms with van der Waals surface area (Å²) in [6.07, 6.45) is -2.15. The van der Waals surface area contributed by atoms with Gasteiger partial charge in [0.25, 0.3) is 0 Å². The number of carbonyl (C=O) groups is 1. The van der Waals surface area contributed by atoms with Gasteiger partial charge in [-0.1, -0.05) is 0 Å². The lowest BCUT2D eigenvalue weighted by Crippen LogP contribution is -2.42. The number of anilines is 3. The molecule has 1 aliphatic rings. The first-order chi connectivity index (χ1) is 14.6. The quantitative estimate of drug-likeness (QED) is 0.553. The van der Waals surface area contributed by atoms with Gasteiger partial charge in [-0.3, -0.25) is 0 Å². The second-order valence-electron chi connectivity index (χ2n) is 7.58. The summed E-state index contributed by atoms with van der Waals surface area (Å²) >= 11 is 0. The van der Waals surface area contributed by atoms with Gasteiger partial charge in [0.1, 0.15) is 11.6 Å². The molecule has 31 heavy (non-hydrogen) atoms. The molecule has 1 fully saturated rings. The summed E-state index contributed by atoms with van der Waals surface area (Å²) in [5.41, 5.74) is -1.18. The molecule has 0 spiro atoms. The van der Waals surface area contributed by atoms with Gasteiger partial charge in [-0.25, -0.2) is 14.2 Å². The van der Waals surface area contributed by atoms with Crippen molar-refractivity contribution >= 4 is 23.2 Å². The molecule has 10 heteroatoms. The van der Waals surface area contributed by atoms with Crippen molar-refractivity contribution in [1.29, 1.82) is 0 Å². The number of esters is 1. The van der Waals surface area contributed by atoms with Crippen LogP contribution < -0.4 is 10.2 Å². The van der Waals surface area contributed by atoms with Crippen LogP contribution in [0, 0.1) is 5.82 Å². The number of aromatic nitrogens is 1. The average Bonchev–Trinajstić information content (AvgIpc) is 2.73. The van der Waals surface area contributed by atoms with E-state index in [-0.39, 0.29) is 11.5 Å². The molecule has 0 amide bonds. The zero-order valence-electron chi connectivity index (χ0n) is 17.5. The molecule has 3 rings (SSSR count). The lowest BCUT2D eigenvalue weighted by atomic mass is 10.0. The maximum Gasteiger partial charge on any atom is 0.417 e. The SMILES string of the molecule is COC(=O)c1cnc(Nc2ccc(N3CCC(N(C)C)CC3)c(F)c2)cc1C(F)(F)F. The monoisotopic (exact) mass is 440 g/mol. The normalized spacial score (nSPS) is 15.3. The summed E-state index contributed by atoms with van der Waals surface area (Å²) in [5, 5.41) is 2.67. The molecule has 0 atom stereocenters. The molecule has 1 N–H and O–H groups in total. The molecule has 1 aliphatic heterocycles. The first kappa shape index (κ1) is 22.8. The summed E-state index contributed by atoms with van der Waals surface area (Å²) in [5.74, 6) is -1.78. The van der Waals surface area contributed by atoms with Crippen LogP contribution in [-0.2, 0) is 10.9 Å². The third-order valence-corrected chi connectivity index (χ3v) is 5.37. The fourth-order valence-corrected chi connectivity index (χ4v) is 3.64. The third kappa shape index (κ3) is 5.25. The lowest BCUT2D eigenvalue weighted by Gasteiger charge is -2.36. The van der Waals surface area contributed by atoms with Crippen LogP contribution in [0.1, 0.15) is 28.8 Å². The highest BCUT2D eigenvalue weighted by atomic mass is 19.4. The molecule has 0 radical (unpaired) electrons. The number of rotatable bonds is 5. The van der Waals surface area contributed by atoms with E-state index in [1.54, 1.807) is 12.1 Å². The Morgan fingerprint density at radius 3 is 2.45 bits per heavy atom. The first-order valence-corrected chi connectivity index (χ1v) is 9.73. The average molecular weight is 440 g/mol. The second-order valence-corrected chi connectivity index (χ2v) is 7.58. The van der Waals surface area contributed by atoms with Crippen molar-refractivity contribution in [3.8, 4) is 0 Å². The summed E-state index contributed by atoms with van der Waals surface area (Å²) in [6, 6.07) is 5.56. The summed E-state index contributed by atoms with van der Waals surface area (Å²) in [6.45, 7) is 1.44. The molecular formula is C21H24F4N4O2. The highest BCUT2D eigenvalue weighted by molar-refractivity contribution is 5.91. The van der Waals surface area contributed by atoms with E-state index < -0.39 is 29.1 Å². The maximum absolute atomic E-state index is 14.7. The van der Waals surface area contributed by atoms with Gasteiger partial charge in [-0.15, -0.1) is 0 Å². The molecule has 0 aliphatic carbocycles. The van der Waals surface area contributed by atoms with Crippen molar-refractivity contribution in [3.63, 3.8) is 0 Å². The third-order valence-electron chi connectivity index (χ3n) is 5.37. The van der Waals surface area contributed by atoms with Gasteiger partial charge < -0.3 is 19.9 Å². The van der Waals surface area contributed by atoms with Gasteiger partial charge >= 0.3 is 12.1 Å². The van der Waals surface area contributed by atoms with Crippen LogP contribution in [0.25, 0.3) is 0 Å². The smallest absolute Gasteiger partial charge is 0.417 e.